The normalized spacial score (nSPS) is 10.1. The van der Waals surface area contributed by atoms with Gasteiger partial charge in [-0.15, -0.1) is 0 Å². The molecule has 0 saturated heterocycles. The molecule has 1 amide bonds. The van der Waals surface area contributed by atoms with E-state index in [1.165, 1.54) is 12.1 Å². The summed E-state index contributed by atoms with van der Waals surface area (Å²) in [4.78, 5) is 35.1. The molecule has 2 aromatic carbocycles. The van der Waals surface area contributed by atoms with Gasteiger partial charge in [0.2, 0.25) is 0 Å². The van der Waals surface area contributed by atoms with Gasteiger partial charge in [-0.2, -0.15) is 0 Å². The first-order valence-electron chi connectivity index (χ1n) is 8.40. The van der Waals surface area contributed by atoms with Crippen molar-refractivity contribution in [3.8, 4) is 5.75 Å². The monoisotopic (exact) mass is 371 g/mol. The molecule has 0 spiro atoms. The summed E-state index contributed by atoms with van der Waals surface area (Å²) in [6.07, 6.45) is 1.22. The number of nitrogens with zero attached hydrogens (tertiary/aromatic N) is 2. The molecular formula is C19H21N3O5. The van der Waals surface area contributed by atoms with Crippen molar-refractivity contribution in [2.24, 2.45) is 0 Å². The van der Waals surface area contributed by atoms with Crippen molar-refractivity contribution in [1.82, 2.24) is 5.32 Å². The molecule has 0 saturated carbocycles. The fraction of sp³-hybridized carbons (Fsp3) is 0.263. The van der Waals surface area contributed by atoms with Crippen molar-refractivity contribution in [2.75, 3.05) is 31.6 Å². The molecule has 0 unspecified atom stereocenters. The molecule has 27 heavy (non-hydrogen) atoms. The van der Waals surface area contributed by atoms with Gasteiger partial charge in [0.1, 0.15) is 5.75 Å². The number of hydrogen-bond donors (Lipinski definition) is 1. The van der Waals surface area contributed by atoms with E-state index in [0.29, 0.717) is 12.8 Å². The van der Waals surface area contributed by atoms with Crippen LogP contribution in [0.5, 0.6) is 5.75 Å². The fourth-order valence-corrected chi connectivity index (χ4v) is 2.42. The Balaban J connectivity index is 1.73. The van der Waals surface area contributed by atoms with Crippen LogP contribution in [0, 0.1) is 10.1 Å². The van der Waals surface area contributed by atoms with Gasteiger partial charge in [-0.1, -0.05) is 18.2 Å². The minimum atomic E-state index is -0.601. The fourth-order valence-electron chi connectivity index (χ4n) is 2.42. The molecule has 142 valence electrons. The van der Waals surface area contributed by atoms with Gasteiger partial charge in [-0.3, -0.25) is 19.7 Å². The Labute approximate surface area is 156 Å². The van der Waals surface area contributed by atoms with Gasteiger partial charge in [0.05, 0.1) is 10.5 Å². The quantitative estimate of drug-likeness (QED) is 0.298. The Kier molecular flexibility index (Phi) is 7.30. The minimum absolute atomic E-state index is 0.0292. The van der Waals surface area contributed by atoms with E-state index in [2.05, 4.69) is 10.2 Å². The van der Waals surface area contributed by atoms with Gasteiger partial charge < -0.3 is 15.0 Å². The van der Waals surface area contributed by atoms with Gasteiger partial charge in [-0.25, -0.2) is 0 Å². The maximum Gasteiger partial charge on any atom is 0.270 e. The van der Waals surface area contributed by atoms with Crippen LogP contribution in [0.15, 0.2) is 48.5 Å². The van der Waals surface area contributed by atoms with Crippen LogP contribution in [0.4, 0.5) is 11.4 Å². The molecule has 8 heteroatoms. The zero-order valence-electron chi connectivity index (χ0n) is 15.0. The number of nitro benzene ring substituents is 1. The van der Waals surface area contributed by atoms with E-state index in [4.69, 9.17) is 4.74 Å². The van der Waals surface area contributed by atoms with Crippen LogP contribution in [0.2, 0.25) is 0 Å². The average Bonchev–Trinajstić information content (AvgIpc) is 2.69. The molecule has 0 aliphatic carbocycles. The molecule has 0 aliphatic rings. The Morgan fingerprint density at radius 1 is 1.26 bits per heavy atom. The number of nitro groups is 1. The van der Waals surface area contributed by atoms with Crippen LogP contribution in [0.1, 0.15) is 16.8 Å². The summed E-state index contributed by atoms with van der Waals surface area (Å²) >= 11 is 0. The molecule has 2 rings (SSSR count). The van der Waals surface area contributed by atoms with Gasteiger partial charge in [-0.05, 0) is 24.6 Å². The molecule has 0 aliphatic heterocycles. The molecule has 8 nitrogen and oxygen atoms in total. The summed E-state index contributed by atoms with van der Waals surface area (Å²) in [5.41, 5.74) is 0.921. The highest BCUT2D eigenvalue weighted by atomic mass is 16.6. The van der Waals surface area contributed by atoms with E-state index in [1.807, 2.05) is 37.4 Å². The predicted molar refractivity (Wildman–Crippen MR) is 101 cm³/mol. The highest BCUT2D eigenvalue weighted by Crippen LogP contribution is 2.22. The topological polar surface area (TPSA) is 102 Å². The molecule has 1 N–H and O–H groups in total. The maximum absolute atomic E-state index is 11.9. The molecule has 0 bridgehead atoms. The van der Waals surface area contributed by atoms with Crippen molar-refractivity contribution in [3.63, 3.8) is 0 Å². The number of benzene rings is 2. The van der Waals surface area contributed by atoms with Gasteiger partial charge in [0.25, 0.3) is 11.6 Å². The van der Waals surface area contributed by atoms with Gasteiger partial charge in [0.15, 0.2) is 12.9 Å². The highest BCUT2D eigenvalue weighted by Gasteiger charge is 2.12. The van der Waals surface area contributed by atoms with Crippen LogP contribution >= 0.6 is 0 Å². The third-order valence-electron chi connectivity index (χ3n) is 3.88. The van der Waals surface area contributed by atoms with Crippen molar-refractivity contribution < 1.29 is 19.2 Å². The zero-order chi connectivity index (χ0) is 19.6. The summed E-state index contributed by atoms with van der Waals surface area (Å²) in [6.45, 7) is 0.996. The van der Waals surface area contributed by atoms with Crippen LogP contribution in [-0.4, -0.2) is 43.9 Å². The number of anilines is 1. The first kappa shape index (κ1) is 19.9. The lowest BCUT2D eigenvalue weighted by atomic mass is 10.2. The summed E-state index contributed by atoms with van der Waals surface area (Å²) in [5, 5.41) is 13.5. The summed E-state index contributed by atoms with van der Waals surface area (Å²) < 4.78 is 5.30. The van der Waals surface area contributed by atoms with E-state index in [9.17, 15) is 19.7 Å². The number of carbonyl (C=O) groups excluding carboxylic acids is 2. The smallest absolute Gasteiger partial charge is 0.270 e. The maximum atomic E-state index is 11.9. The number of ether oxygens (including phenoxy) is 1. The van der Waals surface area contributed by atoms with Crippen molar-refractivity contribution in [1.29, 1.82) is 0 Å². The van der Waals surface area contributed by atoms with E-state index in [-0.39, 0.29) is 29.5 Å². The summed E-state index contributed by atoms with van der Waals surface area (Å²) in [6, 6.07) is 13.6. The SMILES string of the molecule is CN(CCCNC(=O)COc1ccc([N+](=O)[O-])cc1C=O)c1ccccc1. The van der Waals surface area contributed by atoms with E-state index < -0.39 is 4.92 Å². The zero-order valence-corrected chi connectivity index (χ0v) is 15.0. The Morgan fingerprint density at radius 2 is 2.00 bits per heavy atom. The minimum Gasteiger partial charge on any atom is -0.483 e. The van der Waals surface area contributed by atoms with E-state index >= 15 is 0 Å². The lowest BCUT2D eigenvalue weighted by Crippen LogP contribution is -2.31. The number of non-ortho nitro benzene ring substituents is 1. The lowest BCUT2D eigenvalue weighted by Gasteiger charge is -2.19. The second-order valence-electron chi connectivity index (χ2n) is 5.85. The Bertz CT molecular complexity index is 795. The highest BCUT2D eigenvalue weighted by molar-refractivity contribution is 5.81. The van der Waals surface area contributed by atoms with Gasteiger partial charge in [0, 0.05) is 38.0 Å². The number of hydrogen-bond acceptors (Lipinski definition) is 6. The number of rotatable bonds is 10. The second-order valence-corrected chi connectivity index (χ2v) is 5.85. The number of amides is 1. The largest absolute Gasteiger partial charge is 0.483 e. The van der Waals surface area contributed by atoms with Crippen LogP contribution in [-0.2, 0) is 4.79 Å². The number of nitrogens with one attached hydrogen (secondary N) is 1. The first-order valence-corrected chi connectivity index (χ1v) is 8.40. The third kappa shape index (κ3) is 6.10. The Hall–Kier alpha value is -3.42. The molecule has 0 fully saturated rings. The molecule has 2 aromatic rings. The standard InChI is InChI=1S/C19H21N3O5/c1-21(16-6-3-2-4-7-16)11-5-10-20-19(24)14-27-18-9-8-17(22(25)26)12-15(18)13-23/h2-4,6-9,12-13H,5,10-11,14H2,1H3,(H,20,24). The summed E-state index contributed by atoms with van der Waals surface area (Å²) in [5.74, 6) is -0.192. The van der Waals surface area contributed by atoms with Crippen LogP contribution in [0.3, 0.4) is 0 Å². The number of para-hydroxylation sites is 1. The molecule has 0 atom stereocenters. The second kappa shape index (κ2) is 9.91. The average molecular weight is 371 g/mol. The van der Waals surface area contributed by atoms with Crippen molar-refractivity contribution in [2.45, 2.75) is 6.42 Å². The lowest BCUT2D eigenvalue weighted by molar-refractivity contribution is -0.384. The molecule has 0 radical (unpaired) electrons. The van der Waals surface area contributed by atoms with Gasteiger partial charge >= 0.3 is 0 Å². The van der Waals surface area contributed by atoms with E-state index in [1.54, 1.807) is 0 Å². The first-order chi connectivity index (χ1) is 13.0. The summed E-state index contributed by atoms with van der Waals surface area (Å²) in [7, 11) is 1.98. The predicted octanol–water partition coefficient (Wildman–Crippen LogP) is 2.43. The van der Waals surface area contributed by atoms with E-state index in [0.717, 1.165) is 24.7 Å². The molecular weight excluding hydrogens is 350 g/mol. The number of carbonyl (C=O) groups is 2. The third-order valence-corrected chi connectivity index (χ3v) is 3.88. The van der Waals surface area contributed by atoms with Crippen molar-refractivity contribution in [3.05, 3.63) is 64.2 Å². The van der Waals surface area contributed by atoms with Crippen LogP contribution in [0.25, 0.3) is 0 Å². The molecule has 0 heterocycles. The van der Waals surface area contributed by atoms with Crippen LogP contribution < -0.4 is 15.0 Å². The van der Waals surface area contributed by atoms with Crippen molar-refractivity contribution >= 4 is 23.6 Å². The number of aldehydes is 1. The molecule has 0 aromatic heterocycles. The Morgan fingerprint density at radius 3 is 2.67 bits per heavy atom.